The Labute approximate surface area is 354 Å². The van der Waals surface area contributed by atoms with Crippen LogP contribution in [-0.4, -0.2) is 19.5 Å². The normalized spacial score (nSPS) is 11.3. The van der Waals surface area contributed by atoms with Gasteiger partial charge < -0.3 is 4.57 Å². The molecule has 2 aromatic heterocycles. The number of hydrogen-bond acceptors (Lipinski definition) is 3. The molecule has 11 rings (SSSR count). The van der Waals surface area contributed by atoms with Gasteiger partial charge in [0, 0.05) is 33.2 Å². The van der Waals surface area contributed by atoms with Crippen molar-refractivity contribution < 1.29 is 0 Å². The quantitative estimate of drug-likeness (QED) is 0.154. The molecule has 0 aliphatic heterocycles. The van der Waals surface area contributed by atoms with E-state index in [1.165, 1.54) is 22.1 Å². The maximum Gasteiger partial charge on any atom is 0.164 e. The third-order valence-corrected chi connectivity index (χ3v) is 11.4. The van der Waals surface area contributed by atoms with E-state index < -0.39 is 0 Å². The molecule has 4 nitrogen and oxygen atoms in total. The van der Waals surface area contributed by atoms with Crippen LogP contribution in [0.15, 0.2) is 231 Å². The van der Waals surface area contributed by atoms with E-state index >= 15 is 0 Å². The van der Waals surface area contributed by atoms with Crippen molar-refractivity contribution in [2.24, 2.45) is 0 Å². The highest BCUT2D eigenvalue weighted by molar-refractivity contribution is 6.11. The van der Waals surface area contributed by atoms with E-state index in [0.29, 0.717) is 17.5 Å². The molecule has 286 valence electrons. The average molecular weight is 779 g/mol. The molecular weight excluding hydrogens is 741 g/mol. The van der Waals surface area contributed by atoms with Crippen molar-refractivity contribution in [1.29, 1.82) is 0 Å². The van der Waals surface area contributed by atoms with Crippen LogP contribution in [0.3, 0.4) is 0 Å². The molecule has 0 radical (unpaired) electrons. The predicted molar refractivity (Wildman–Crippen MR) is 252 cm³/mol. The van der Waals surface area contributed by atoms with E-state index in [4.69, 9.17) is 15.0 Å². The molecule has 0 aliphatic carbocycles. The number of rotatable bonds is 8. The van der Waals surface area contributed by atoms with Gasteiger partial charge in [-0.25, -0.2) is 15.0 Å². The fourth-order valence-corrected chi connectivity index (χ4v) is 8.38. The van der Waals surface area contributed by atoms with Gasteiger partial charge in [0.1, 0.15) is 0 Å². The Morgan fingerprint density at radius 3 is 1.13 bits per heavy atom. The second kappa shape index (κ2) is 15.5. The number of nitrogens with zero attached hydrogens (tertiary/aromatic N) is 4. The first kappa shape index (κ1) is 35.9. The Morgan fingerprint density at radius 1 is 0.230 bits per heavy atom. The Morgan fingerprint density at radius 2 is 0.607 bits per heavy atom. The van der Waals surface area contributed by atoms with Gasteiger partial charge in [-0.2, -0.15) is 0 Å². The number of fused-ring (bicyclic) bond motifs is 3. The van der Waals surface area contributed by atoms with Crippen LogP contribution in [0.4, 0.5) is 0 Å². The molecule has 11 aromatic rings. The summed E-state index contributed by atoms with van der Waals surface area (Å²) in [5.41, 5.74) is 15.3. The Kier molecular flexibility index (Phi) is 9.14. The van der Waals surface area contributed by atoms with Crippen LogP contribution >= 0.6 is 0 Å². The SMILES string of the molecule is c1ccc(-c2ccc(-c3nc(-c4ccccc4)nc(-c4ccc5c6cc(-c7ccccc7)ccc6n(-c6cc(-c7ccccc7)cc(-c7ccccc7)c6)c5c4)n3)cc2)cc1. The summed E-state index contributed by atoms with van der Waals surface area (Å²) >= 11 is 0. The third-order valence-electron chi connectivity index (χ3n) is 11.4. The zero-order chi connectivity index (χ0) is 40.5. The predicted octanol–water partition coefficient (Wildman–Crippen LogP) is 14.6. The standard InChI is InChI=1S/C57H38N4/c1-6-16-39(17-7-1)43-26-28-45(29-27-43)56-58-55(44-24-14-5-15-25-44)59-57(60-56)47-30-32-51-52-37-46(40-18-8-2-9-19-40)31-33-53(52)61(54(51)38-47)50-35-48(41-20-10-3-11-21-41)34-49(36-50)42-22-12-4-13-23-42/h1-38H. The lowest BCUT2D eigenvalue weighted by Crippen LogP contribution is -2.00. The molecule has 0 saturated heterocycles. The first-order valence-corrected chi connectivity index (χ1v) is 20.6. The summed E-state index contributed by atoms with van der Waals surface area (Å²) in [6.45, 7) is 0. The van der Waals surface area contributed by atoms with Crippen LogP contribution in [0.5, 0.6) is 0 Å². The summed E-state index contributed by atoms with van der Waals surface area (Å²) in [5.74, 6) is 1.87. The minimum Gasteiger partial charge on any atom is -0.309 e. The van der Waals surface area contributed by atoms with Gasteiger partial charge in [-0.3, -0.25) is 0 Å². The van der Waals surface area contributed by atoms with Crippen molar-refractivity contribution in [2.45, 2.75) is 0 Å². The lowest BCUT2D eigenvalue weighted by atomic mass is 9.98. The van der Waals surface area contributed by atoms with E-state index in [1.807, 2.05) is 24.3 Å². The molecule has 0 saturated carbocycles. The van der Waals surface area contributed by atoms with Crippen molar-refractivity contribution in [2.75, 3.05) is 0 Å². The summed E-state index contributed by atoms with van der Waals surface area (Å²) in [7, 11) is 0. The van der Waals surface area contributed by atoms with Crippen molar-refractivity contribution in [3.05, 3.63) is 231 Å². The molecular formula is C57H38N4. The average Bonchev–Trinajstić information content (AvgIpc) is 3.68. The first-order chi connectivity index (χ1) is 30.2. The lowest BCUT2D eigenvalue weighted by Gasteiger charge is -2.15. The first-order valence-electron chi connectivity index (χ1n) is 20.6. The van der Waals surface area contributed by atoms with Crippen molar-refractivity contribution in [3.63, 3.8) is 0 Å². The highest BCUT2D eigenvalue weighted by Crippen LogP contribution is 2.39. The monoisotopic (exact) mass is 778 g/mol. The molecule has 0 atom stereocenters. The molecule has 0 aliphatic rings. The lowest BCUT2D eigenvalue weighted by molar-refractivity contribution is 1.07. The summed E-state index contributed by atoms with van der Waals surface area (Å²) in [6, 6.07) is 81.3. The molecule has 0 unspecified atom stereocenters. The second-order valence-electron chi connectivity index (χ2n) is 15.3. The summed E-state index contributed by atoms with van der Waals surface area (Å²) in [5, 5.41) is 2.33. The molecule has 4 heteroatoms. The fraction of sp³-hybridized carbons (Fsp3) is 0. The molecule has 61 heavy (non-hydrogen) atoms. The van der Waals surface area contributed by atoms with Gasteiger partial charge in [-0.15, -0.1) is 0 Å². The van der Waals surface area contributed by atoms with Crippen molar-refractivity contribution >= 4 is 21.8 Å². The smallest absolute Gasteiger partial charge is 0.164 e. The molecule has 9 aromatic carbocycles. The summed E-state index contributed by atoms with van der Waals surface area (Å²) < 4.78 is 2.41. The van der Waals surface area contributed by atoms with E-state index in [9.17, 15) is 0 Å². The van der Waals surface area contributed by atoms with Crippen molar-refractivity contribution in [1.82, 2.24) is 19.5 Å². The van der Waals surface area contributed by atoms with Gasteiger partial charge >= 0.3 is 0 Å². The maximum absolute atomic E-state index is 5.19. The molecule has 0 bridgehead atoms. The highest BCUT2D eigenvalue weighted by atomic mass is 15.0. The number of benzene rings is 9. The Balaban J connectivity index is 1.14. The van der Waals surface area contributed by atoms with Crippen LogP contribution < -0.4 is 0 Å². The minimum atomic E-state index is 0.614. The van der Waals surface area contributed by atoms with Gasteiger partial charge in [0.05, 0.1) is 11.0 Å². The topological polar surface area (TPSA) is 43.6 Å². The molecule has 0 amide bonds. The van der Waals surface area contributed by atoms with Gasteiger partial charge in [0.2, 0.25) is 0 Å². The van der Waals surface area contributed by atoms with Gasteiger partial charge in [-0.05, 0) is 80.9 Å². The van der Waals surface area contributed by atoms with E-state index in [2.05, 4.69) is 211 Å². The summed E-state index contributed by atoms with van der Waals surface area (Å²) in [6.07, 6.45) is 0. The fourth-order valence-electron chi connectivity index (χ4n) is 8.38. The highest BCUT2D eigenvalue weighted by Gasteiger charge is 2.19. The summed E-state index contributed by atoms with van der Waals surface area (Å²) in [4.78, 5) is 15.4. The van der Waals surface area contributed by atoms with E-state index in [0.717, 1.165) is 66.6 Å². The van der Waals surface area contributed by atoms with E-state index in [-0.39, 0.29) is 0 Å². The Hall–Kier alpha value is -8.21. The van der Waals surface area contributed by atoms with Crippen molar-refractivity contribution in [3.8, 4) is 84.4 Å². The molecule has 0 N–H and O–H groups in total. The number of hydrogen-bond donors (Lipinski definition) is 0. The van der Waals surface area contributed by atoms with Gasteiger partial charge in [0.25, 0.3) is 0 Å². The van der Waals surface area contributed by atoms with Gasteiger partial charge in [0.15, 0.2) is 17.5 Å². The minimum absolute atomic E-state index is 0.614. The van der Waals surface area contributed by atoms with Crippen LogP contribution in [0.1, 0.15) is 0 Å². The zero-order valence-corrected chi connectivity index (χ0v) is 33.2. The second-order valence-corrected chi connectivity index (χ2v) is 15.3. The van der Waals surface area contributed by atoms with Crippen LogP contribution in [0.2, 0.25) is 0 Å². The maximum atomic E-state index is 5.19. The van der Waals surface area contributed by atoms with Gasteiger partial charge in [-0.1, -0.05) is 194 Å². The van der Waals surface area contributed by atoms with Crippen LogP contribution in [0, 0.1) is 0 Å². The third kappa shape index (κ3) is 6.96. The zero-order valence-electron chi connectivity index (χ0n) is 33.2. The Bertz CT molecular complexity index is 3250. The van der Waals surface area contributed by atoms with Crippen LogP contribution in [0.25, 0.3) is 106 Å². The molecule has 0 fully saturated rings. The molecule has 0 spiro atoms. The largest absolute Gasteiger partial charge is 0.309 e. The molecule has 2 heterocycles. The number of aromatic nitrogens is 4. The van der Waals surface area contributed by atoms with Crippen LogP contribution in [-0.2, 0) is 0 Å². The van der Waals surface area contributed by atoms with E-state index in [1.54, 1.807) is 0 Å².